The SMILES string of the molecule is CC/C(=N/NC(=O)c1cc(Br)c[nH]1)c1ccc(Cl)cc1. The molecule has 1 heterocycles. The Kier molecular flexibility index (Phi) is 4.98. The van der Waals surface area contributed by atoms with Gasteiger partial charge in [0.15, 0.2) is 0 Å². The largest absolute Gasteiger partial charge is 0.356 e. The summed E-state index contributed by atoms with van der Waals surface area (Å²) in [5, 5.41) is 4.84. The number of carbonyl (C=O) groups excluding carboxylic acids is 1. The first-order valence-corrected chi connectivity index (χ1v) is 7.24. The molecule has 0 unspecified atom stereocenters. The van der Waals surface area contributed by atoms with Crippen LogP contribution in [0.5, 0.6) is 0 Å². The van der Waals surface area contributed by atoms with Gasteiger partial charge in [0.1, 0.15) is 5.69 Å². The molecule has 0 aliphatic heterocycles. The fourth-order valence-electron chi connectivity index (χ4n) is 1.67. The summed E-state index contributed by atoms with van der Waals surface area (Å²) in [5.41, 5.74) is 4.72. The van der Waals surface area contributed by atoms with E-state index in [1.54, 1.807) is 24.4 Å². The molecule has 0 aliphatic carbocycles. The number of nitrogens with one attached hydrogen (secondary N) is 2. The summed E-state index contributed by atoms with van der Waals surface area (Å²) in [6.07, 6.45) is 2.40. The first-order valence-electron chi connectivity index (χ1n) is 6.07. The predicted octanol–water partition coefficient (Wildman–Crippen LogP) is 3.97. The Morgan fingerprint density at radius 1 is 1.40 bits per heavy atom. The van der Waals surface area contributed by atoms with E-state index >= 15 is 0 Å². The minimum Gasteiger partial charge on any atom is -0.356 e. The molecule has 20 heavy (non-hydrogen) atoms. The average molecular weight is 355 g/mol. The Hall–Kier alpha value is -1.59. The van der Waals surface area contributed by atoms with E-state index in [0.717, 1.165) is 15.7 Å². The summed E-state index contributed by atoms with van der Waals surface area (Å²) < 4.78 is 0.819. The molecule has 104 valence electrons. The maximum atomic E-state index is 11.9. The van der Waals surface area contributed by atoms with E-state index in [-0.39, 0.29) is 5.91 Å². The number of hydrazone groups is 1. The van der Waals surface area contributed by atoms with E-state index in [2.05, 4.69) is 31.4 Å². The van der Waals surface area contributed by atoms with E-state index in [1.807, 2.05) is 19.1 Å². The average Bonchev–Trinajstić information content (AvgIpc) is 2.88. The number of rotatable bonds is 4. The van der Waals surface area contributed by atoms with Gasteiger partial charge in [-0.05, 0) is 46.1 Å². The van der Waals surface area contributed by atoms with Crippen molar-refractivity contribution in [3.8, 4) is 0 Å². The van der Waals surface area contributed by atoms with Crippen molar-refractivity contribution in [3.63, 3.8) is 0 Å². The molecule has 6 heteroatoms. The molecule has 0 saturated heterocycles. The highest BCUT2D eigenvalue weighted by Crippen LogP contribution is 2.12. The monoisotopic (exact) mass is 353 g/mol. The Morgan fingerprint density at radius 2 is 2.10 bits per heavy atom. The lowest BCUT2D eigenvalue weighted by atomic mass is 10.1. The van der Waals surface area contributed by atoms with E-state index in [1.165, 1.54) is 0 Å². The highest BCUT2D eigenvalue weighted by molar-refractivity contribution is 9.10. The number of nitrogens with zero attached hydrogens (tertiary/aromatic N) is 1. The predicted molar refractivity (Wildman–Crippen MR) is 84.2 cm³/mol. The Morgan fingerprint density at radius 3 is 2.65 bits per heavy atom. The van der Waals surface area contributed by atoms with Crippen LogP contribution in [0.15, 0.2) is 46.1 Å². The molecule has 0 fully saturated rings. The van der Waals surface area contributed by atoms with Crippen LogP contribution in [0.2, 0.25) is 5.02 Å². The molecule has 1 aromatic carbocycles. The third-order valence-electron chi connectivity index (χ3n) is 2.70. The summed E-state index contributed by atoms with van der Waals surface area (Å²) in [5.74, 6) is -0.282. The molecule has 2 rings (SSSR count). The number of hydrogen-bond donors (Lipinski definition) is 2. The Bertz CT molecular complexity index is 634. The topological polar surface area (TPSA) is 57.2 Å². The zero-order valence-electron chi connectivity index (χ0n) is 10.8. The summed E-state index contributed by atoms with van der Waals surface area (Å²) in [6.45, 7) is 1.98. The second-order valence-electron chi connectivity index (χ2n) is 4.09. The molecule has 1 aromatic heterocycles. The third kappa shape index (κ3) is 3.71. The normalized spacial score (nSPS) is 11.4. The van der Waals surface area contributed by atoms with E-state index in [9.17, 15) is 4.79 Å². The highest BCUT2D eigenvalue weighted by Gasteiger charge is 2.08. The molecule has 4 nitrogen and oxygen atoms in total. The van der Waals surface area contributed by atoms with Crippen LogP contribution in [0, 0.1) is 0 Å². The minimum atomic E-state index is -0.282. The highest BCUT2D eigenvalue weighted by atomic mass is 79.9. The number of amides is 1. The minimum absolute atomic E-state index is 0.282. The number of carbonyl (C=O) groups is 1. The van der Waals surface area contributed by atoms with Crippen LogP contribution < -0.4 is 5.43 Å². The van der Waals surface area contributed by atoms with Crippen LogP contribution in [0.3, 0.4) is 0 Å². The lowest BCUT2D eigenvalue weighted by Gasteiger charge is -2.05. The zero-order valence-corrected chi connectivity index (χ0v) is 13.1. The van der Waals surface area contributed by atoms with Gasteiger partial charge in [0.05, 0.1) is 5.71 Å². The Labute approximate surface area is 130 Å². The molecule has 0 spiro atoms. The van der Waals surface area contributed by atoms with Crippen LogP contribution in [-0.4, -0.2) is 16.6 Å². The van der Waals surface area contributed by atoms with Crippen LogP contribution in [0.4, 0.5) is 0 Å². The lowest BCUT2D eigenvalue weighted by Crippen LogP contribution is -2.20. The number of hydrogen-bond acceptors (Lipinski definition) is 2. The molecule has 0 saturated carbocycles. The van der Waals surface area contributed by atoms with Gasteiger partial charge in [-0.3, -0.25) is 4.79 Å². The van der Waals surface area contributed by atoms with Gasteiger partial charge in [-0.1, -0.05) is 30.7 Å². The van der Waals surface area contributed by atoms with E-state index in [4.69, 9.17) is 11.6 Å². The second kappa shape index (κ2) is 6.72. The van der Waals surface area contributed by atoms with Gasteiger partial charge in [0.2, 0.25) is 0 Å². The van der Waals surface area contributed by atoms with Crippen molar-refractivity contribution in [2.75, 3.05) is 0 Å². The molecular weight excluding hydrogens is 342 g/mol. The lowest BCUT2D eigenvalue weighted by molar-refractivity contribution is 0.0950. The fourth-order valence-corrected chi connectivity index (χ4v) is 2.14. The van der Waals surface area contributed by atoms with Crippen LogP contribution in [0.1, 0.15) is 29.4 Å². The van der Waals surface area contributed by atoms with Gasteiger partial charge < -0.3 is 4.98 Å². The Balaban J connectivity index is 2.11. The van der Waals surface area contributed by atoms with Crippen molar-refractivity contribution in [3.05, 3.63) is 57.3 Å². The third-order valence-corrected chi connectivity index (χ3v) is 3.41. The van der Waals surface area contributed by atoms with Crippen LogP contribution in [-0.2, 0) is 0 Å². The number of aromatic amines is 1. The molecule has 0 bridgehead atoms. The fraction of sp³-hybridized carbons (Fsp3) is 0.143. The van der Waals surface area contributed by atoms with Crippen LogP contribution in [0.25, 0.3) is 0 Å². The number of aromatic nitrogens is 1. The molecule has 0 atom stereocenters. The molecule has 2 aromatic rings. The van der Waals surface area contributed by atoms with Crippen molar-refractivity contribution < 1.29 is 4.79 Å². The molecule has 0 radical (unpaired) electrons. The van der Waals surface area contributed by atoms with Gasteiger partial charge in [-0.25, -0.2) is 5.43 Å². The number of halogens is 2. The van der Waals surface area contributed by atoms with Crippen molar-refractivity contribution in [1.29, 1.82) is 0 Å². The molecule has 1 amide bonds. The summed E-state index contributed by atoms with van der Waals surface area (Å²) >= 11 is 9.13. The van der Waals surface area contributed by atoms with Crippen molar-refractivity contribution in [2.24, 2.45) is 5.10 Å². The van der Waals surface area contributed by atoms with Gasteiger partial charge >= 0.3 is 0 Å². The zero-order chi connectivity index (χ0) is 14.5. The maximum Gasteiger partial charge on any atom is 0.287 e. The molecule has 0 aliphatic rings. The van der Waals surface area contributed by atoms with Gasteiger partial charge in [0, 0.05) is 15.7 Å². The van der Waals surface area contributed by atoms with Crippen molar-refractivity contribution >= 4 is 39.1 Å². The van der Waals surface area contributed by atoms with Crippen molar-refractivity contribution in [1.82, 2.24) is 10.4 Å². The van der Waals surface area contributed by atoms with Gasteiger partial charge in [0.25, 0.3) is 5.91 Å². The van der Waals surface area contributed by atoms with Crippen LogP contribution >= 0.6 is 27.5 Å². The van der Waals surface area contributed by atoms with Gasteiger partial charge in [-0.2, -0.15) is 5.10 Å². The van der Waals surface area contributed by atoms with Crippen molar-refractivity contribution in [2.45, 2.75) is 13.3 Å². The maximum absolute atomic E-state index is 11.9. The van der Waals surface area contributed by atoms with E-state index in [0.29, 0.717) is 17.1 Å². The first kappa shape index (κ1) is 14.8. The summed E-state index contributed by atoms with van der Waals surface area (Å²) in [4.78, 5) is 14.7. The number of benzene rings is 1. The van der Waals surface area contributed by atoms with Gasteiger partial charge in [-0.15, -0.1) is 0 Å². The summed E-state index contributed by atoms with van der Waals surface area (Å²) in [6, 6.07) is 9.04. The summed E-state index contributed by atoms with van der Waals surface area (Å²) in [7, 11) is 0. The first-order chi connectivity index (χ1) is 9.60. The quantitative estimate of drug-likeness (QED) is 0.633. The van der Waals surface area contributed by atoms with E-state index < -0.39 is 0 Å². The second-order valence-corrected chi connectivity index (χ2v) is 5.44. The molecule has 2 N–H and O–H groups in total. The smallest absolute Gasteiger partial charge is 0.287 e. The standard InChI is InChI=1S/C14H13BrClN3O/c1-2-12(9-3-5-11(16)6-4-9)18-19-14(20)13-7-10(15)8-17-13/h3-8,17H,2H2,1H3,(H,19,20)/b18-12-. The molecular formula is C14H13BrClN3O. The number of H-pyrrole nitrogens is 1.